The molecule has 0 spiro atoms. The van der Waals surface area contributed by atoms with Crippen molar-refractivity contribution in [2.75, 3.05) is 0 Å². The molecular formula is C25H29FN+. The summed E-state index contributed by atoms with van der Waals surface area (Å²) in [5, 5.41) is 2.09. The molecule has 1 fully saturated rings. The fourth-order valence-electron chi connectivity index (χ4n) is 4.63. The van der Waals surface area contributed by atoms with E-state index in [0.717, 1.165) is 33.3 Å². The Morgan fingerprint density at radius 1 is 1.04 bits per heavy atom. The van der Waals surface area contributed by atoms with Gasteiger partial charge in [-0.2, -0.15) is 4.57 Å². The van der Waals surface area contributed by atoms with Crippen LogP contribution in [0.2, 0.25) is 0 Å². The molecule has 2 heteroatoms. The maximum absolute atomic E-state index is 14.4. The first-order chi connectivity index (χ1) is 13.3. The molecule has 2 aromatic carbocycles. The average molecular weight is 364 g/mol. The van der Waals surface area contributed by atoms with Gasteiger partial charge in [-0.15, -0.1) is 0 Å². The normalized spacial score (nSPS) is 15.6. The van der Waals surface area contributed by atoms with Gasteiger partial charge in [0.15, 0.2) is 5.69 Å². The van der Waals surface area contributed by atoms with E-state index in [0.29, 0.717) is 23.1 Å². The van der Waals surface area contributed by atoms with Gasteiger partial charge in [0.05, 0.1) is 12.3 Å². The summed E-state index contributed by atoms with van der Waals surface area (Å²) in [4.78, 5) is 0. The number of rotatable bonds is 2. The zero-order valence-corrected chi connectivity index (χ0v) is 17.0. The highest BCUT2D eigenvalue weighted by atomic mass is 19.1. The summed E-state index contributed by atoms with van der Waals surface area (Å²) in [7, 11) is 2.01. The maximum atomic E-state index is 14.4. The number of benzene rings is 2. The predicted octanol–water partition coefficient (Wildman–Crippen LogP) is 6.36. The van der Waals surface area contributed by atoms with Gasteiger partial charge in [-0.05, 0) is 79.3 Å². The summed E-state index contributed by atoms with van der Waals surface area (Å²) in [5.41, 5.74) is 6.77. The molecule has 1 aliphatic rings. The van der Waals surface area contributed by atoms with Crippen LogP contribution < -0.4 is 4.57 Å². The highest BCUT2D eigenvalue weighted by molar-refractivity contribution is 5.94. The van der Waals surface area contributed by atoms with Crippen LogP contribution in [0.5, 0.6) is 0 Å². The Morgan fingerprint density at radius 2 is 1.74 bits per heavy atom. The Hall–Kier alpha value is -2.22. The lowest BCUT2D eigenvalue weighted by molar-refractivity contribution is -0.665. The average Bonchev–Trinajstić information content (AvgIpc) is 3.23. The molecule has 0 atom stereocenters. The second-order valence-corrected chi connectivity index (χ2v) is 8.21. The third kappa shape index (κ3) is 2.96. The van der Waals surface area contributed by atoms with Gasteiger partial charge in [-0.3, -0.25) is 0 Å². The minimum atomic E-state index is -0.120. The molecule has 0 radical (unpaired) electrons. The van der Waals surface area contributed by atoms with Crippen LogP contribution >= 0.6 is 0 Å². The summed E-state index contributed by atoms with van der Waals surface area (Å²) in [5.74, 6) is 0.504. The Kier molecular flexibility index (Phi) is 4.22. The number of pyridine rings is 1. The van der Waals surface area contributed by atoms with E-state index in [9.17, 15) is 4.39 Å². The number of fused-ring (bicyclic) bond motifs is 1. The fourth-order valence-corrected chi connectivity index (χ4v) is 4.63. The quantitative estimate of drug-likeness (QED) is 0.466. The fraction of sp³-hybridized carbons (Fsp3) is 0.400. The van der Waals surface area contributed by atoms with Crippen molar-refractivity contribution < 1.29 is 10.3 Å². The second-order valence-electron chi connectivity index (χ2n) is 8.21. The van der Waals surface area contributed by atoms with Crippen LogP contribution in [0.25, 0.3) is 22.0 Å². The first-order valence-electron chi connectivity index (χ1n) is 10.5. The molecule has 1 aliphatic carbocycles. The van der Waals surface area contributed by atoms with Crippen molar-refractivity contribution in [2.24, 2.45) is 7.05 Å². The number of aromatic nitrogens is 1. The molecule has 0 unspecified atom stereocenters. The summed E-state index contributed by atoms with van der Waals surface area (Å²) >= 11 is 0. The van der Waals surface area contributed by atoms with Crippen LogP contribution in [0.15, 0.2) is 30.3 Å². The maximum Gasteiger partial charge on any atom is 0.220 e. The summed E-state index contributed by atoms with van der Waals surface area (Å²) in [6.45, 7) is 7.69. The van der Waals surface area contributed by atoms with Crippen molar-refractivity contribution in [1.29, 1.82) is 0 Å². The summed E-state index contributed by atoms with van der Waals surface area (Å²) < 4.78 is 25.3. The predicted molar refractivity (Wildman–Crippen MR) is 111 cm³/mol. The van der Waals surface area contributed by atoms with Gasteiger partial charge in [0, 0.05) is 13.0 Å². The molecule has 0 amide bonds. The summed E-state index contributed by atoms with van der Waals surface area (Å²) in [6.07, 6.45) is 5.11. The van der Waals surface area contributed by atoms with Gasteiger partial charge in [-0.1, -0.05) is 25.0 Å². The third-order valence-corrected chi connectivity index (χ3v) is 6.54. The molecular weight excluding hydrogens is 333 g/mol. The van der Waals surface area contributed by atoms with Crippen LogP contribution in [0, 0.1) is 33.5 Å². The van der Waals surface area contributed by atoms with Gasteiger partial charge < -0.3 is 0 Å². The van der Waals surface area contributed by atoms with Crippen molar-refractivity contribution in [1.82, 2.24) is 0 Å². The first kappa shape index (κ1) is 16.9. The molecule has 0 N–H and O–H groups in total. The minimum Gasteiger partial charge on any atom is -0.206 e. The number of hydrogen-bond acceptors (Lipinski definition) is 0. The van der Waals surface area contributed by atoms with E-state index in [1.807, 2.05) is 40.8 Å². The van der Waals surface area contributed by atoms with Gasteiger partial charge in [-0.25, -0.2) is 4.39 Å². The van der Waals surface area contributed by atoms with Crippen LogP contribution in [0.4, 0.5) is 4.39 Å². The summed E-state index contributed by atoms with van der Waals surface area (Å²) in [6, 6.07) is 9.22. The van der Waals surface area contributed by atoms with Crippen molar-refractivity contribution in [3.8, 4) is 11.3 Å². The lowest BCUT2D eigenvalue weighted by Gasteiger charge is -2.15. The Bertz CT molecular complexity index is 1090. The number of halogens is 1. The third-order valence-electron chi connectivity index (χ3n) is 6.54. The smallest absolute Gasteiger partial charge is 0.206 e. The van der Waals surface area contributed by atoms with E-state index in [2.05, 4.69) is 22.8 Å². The lowest BCUT2D eigenvalue weighted by Crippen LogP contribution is -2.35. The lowest BCUT2D eigenvalue weighted by atomic mass is 9.91. The molecule has 0 aliphatic heterocycles. The van der Waals surface area contributed by atoms with Crippen LogP contribution in [0.3, 0.4) is 0 Å². The molecule has 3 aromatic rings. The van der Waals surface area contributed by atoms with Gasteiger partial charge in [0.1, 0.15) is 12.9 Å². The Balaban J connectivity index is 2.04. The van der Waals surface area contributed by atoms with E-state index in [1.165, 1.54) is 31.2 Å². The minimum absolute atomic E-state index is 0.120. The Morgan fingerprint density at radius 3 is 2.44 bits per heavy atom. The van der Waals surface area contributed by atoms with E-state index in [1.54, 1.807) is 0 Å². The van der Waals surface area contributed by atoms with E-state index < -0.39 is 0 Å². The topological polar surface area (TPSA) is 3.88 Å². The van der Waals surface area contributed by atoms with E-state index in [-0.39, 0.29) is 5.82 Å². The van der Waals surface area contributed by atoms with Crippen LogP contribution in [0.1, 0.15) is 60.9 Å². The molecule has 4 rings (SSSR count). The first-order valence-corrected chi connectivity index (χ1v) is 10.0. The molecule has 1 aromatic heterocycles. The van der Waals surface area contributed by atoms with Crippen LogP contribution in [-0.4, -0.2) is 0 Å². The SMILES string of the molecule is [2H]c1c(C)[n+](C)c(-c2cc(C)c(F)c(C)c2C)c2ccc(C3CCCC3)cc12. The van der Waals surface area contributed by atoms with Crippen molar-refractivity contribution in [3.63, 3.8) is 0 Å². The molecule has 140 valence electrons. The van der Waals surface area contributed by atoms with Crippen molar-refractivity contribution in [2.45, 2.75) is 59.3 Å². The van der Waals surface area contributed by atoms with E-state index >= 15 is 0 Å². The van der Waals surface area contributed by atoms with Gasteiger partial charge in [0.2, 0.25) is 5.69 Å². The van der Waals surface area contributed by atoms with Gasteiger partial charge >= 0.3 is 0 Å². The van der Waals surface area contributed by atoms with Crippen molar-refractivity contribution in [3.05, 3.63) is 64.1 Å². The molecule has 1 nitrogen and oxygen atoms in total. The number of hydrogen-bond donors (Lipinski definition) is 0. The van der Waals surface area contributed by atoms with E-state index in [4.69, 9.17) is 1.37 Å². The zero-order chi connectivity index (χ0) is 20.2. The standard InChI is InChI=1S/C25H29FN/c1-15-12-23(17(3)18(4)24(15)26)25-22-11-10-20(19-8-6-7-9-19)14-21(22)13-16(2)27(25)5/h10-14,19H,6-9H2,1-5H3/q+1/i13D. The number of nitrogens with zero attached hydrogens (tertiary/aromatic N) is 1. The molecule has 27 heavy (non-hydrogen) atoms. The highest BCUT2D eigenvalue weighted by Crippen LogP contribution is 2.37. The number of aryl methyl sites for hydroxylation is 1. The molecule has 1 saturated carbocycles. The molecule has 0 saturated heterocycles. The monoisotopic (exact) mass is 363 g/mol. The second kappa shape index (κ2) is 6.74. The van der Waals surface area contributed by atoms with Gasteiger partial charge in [0.25, 0.3) is 0 Å². The van der Waals surface area contributed by atoms with Crippen molar-refractivity contribution >= 4 is 10.8 Å². The van der Waals surface area contributed by atoms with Crippen LogP contribution in [-0.2, 0) is 7.05 Å². The highest BCUT2D eigenvalue weighted by Gasteiger charge is 2.24. The zero-order valence-electron chi connectivity index (χ0n) is 18.0. The molecule has 0 bridgehead atoms. The molecule has 1 heterocycles. The Labute approximate surface area is 163 Å². The largest absolute Gasteiger partial charge is 0.220 e.